The summed E-state index contributed by atoms with van der Waals surface area (Å²) in [6.45, 7) is 6.26. The lowest BCUT2D eigenvalue weighted by atomic mass is 10.0. The van der Waals surface area contributed by atoms with Crippen molar-refractivity contribution in [3.05, 3.63) is 87.9 Å². The summed E-state index contributed by atoms with van der Waals surface area (Å²) in [5.41, 5.74) is 5.63. The second kappa shape index (κ2) is 9.19. The minimum Gasteiger partial charge on any atom is -0.495 e. The average molecular weight is 529 g/mol. The maximum atomic E-state index is 13.4. The molecule has 0 radical (unpaired) electrons. The molecule has 5 aromatic rings. The van der Waals surface area contributed by atoms with Crippen LogP contribution in [0.2, 0.25) is 0 Å². The highest BCUT2D eigenvalue weighted by atomic mass is 79.9. The van der Waals surface area contributed by atoms with Gasteiger partial charge in [-0.2, -0.15) is 0 Å². The van der Waals surface area contributed by atoms with Crippen molar-refractivity contribution < 1.29 is 13.9 Å². The lowest BCUT2D eigenvalue weighted by Gasteiger charge is -2.15. The molecular formula is C29H25BrN2O3. The Labute approximate surface area is 212 Å². The first-order chi connectivity index (χ1) is 16.9. The molecule has 0 aliphatic heterocycles. The highest BCUT2D eigenvalue weighted by Crippen LogP contribution is 2.37. The van der Waals surface area contributed by atoms with Crippen molar-refractivity contribution in [3.63, 3.8) is 0 Å². The van der Waals surface area contributed by atoms with Gasteiger partial charge in [0.2, 0.25) is 5.89 Å². The summed E-state index contributed by atoms with van der Waals surface area (Å²) in [6, 6.07) is 21.6. The fourth-order valence-corrected chi connectivity index (χ4v) is 4.90. The van der Waals surface area contributed by atoms with Crippen LogP contribution in [0.3, 0.4) is 0 Å². The van der Waals surface area contributed by atoms with Crippen molar-refractivity contribution in [3.8, 4) is 17.2 Å². The summed E-state index contributed by atoms with van der Waals surface area (Å²) in [6.07, 6.45) is 0. The van der Waals surface area contributed by atoms with Crippen LogP contribution in [0.5, 0.6) is 5.75 Å². The third kappa shape index (κ3) is 4.30. The Morgan fingerprint density at radius 2 is 1.86 bits per heavy atom. The van der Waals surface area contributed by atoms with Crippen LogP contribution < -0.4 is 10.1 Å². The molecule has 176 valence electrons. The Kier molecular flexibility index (Phi) is 6.07. The van der Waals surface area contributed by atoms with E-state index in [0.29, 0.717) is 28.8 Å². The molecule has 0 atom stereocenters. The monoisotopic (exact) mass is 528 g/mol. The third-order valence-corrected chi connectivity index (χ3v) is 6.99. The Hall–Kier alpha value is -3.64. The molecule has 1 heterocycles. The number of nitrogens with zero attached hydrogens (tertiary/aromatic N) is 1. The molecule has 0 saturated carbocycles. The molecule has 0 bridgehead atoms. The highest BCUT2D eigenvalue weighted by Gasteiger charge is 2.19. The molecular weight excluding hydrogens is 504 g/mol. The molecule has 5 nitrogen and oxygen atoms in total. The Morgan fingerprint density at radius 1 is 1.06 bits per heavy atom. The van der Waals surface area contributed by atoms with Crippen molar-refractivity contribution in [2.45, 2.75) is 26.7 Å². The average Bonchev–Trinajstić information content (AvgIpc) is 3.28. The topological polar surface area (TPSA) is 64.4 Å². The Balaban J connectivity index is 1.50. The molecule has 0 aliphatic rings. The highest BCUT2D eigenvalue weighted by molar-refractivity contribution is 9.10. The molecule has 6 heteroatoms. The van der Waals surface area contributed by atoms with Crippen LogP contribution >= 0.6 is 15.9 Å². The van der Waals surface area contributed by atoms with Crippen LogP contribution in [0.4, 0.5) is 5.69 Å². The molecule has 1 amide bonds. The zero-order valence-corrected chi connectivity index (χ0v) is 21.6. The van der Waals surface area contributed by atoms with Crippen LogP contribution in [0.25, 0.3) is 33.3 Å². The quantitative estimate of drug-likeness (QED) is 0.250. The number of halogens is 1. The van der Waals surface area contributed by atoms with Gasteiger partial charge in [-0.1, -0.05) is 50.2 Å². The van der Waals surface area contributed by atoms with Crippen LogP contribution in [-0.2, 0) is 0 Å². The van der Waals surface area contributed by atoms with E-state index >= 15 is 0 Å². The predicted octanol–water partition coefficient (Wildman–Crippen LogP) is 8.10. The van der Waals surface area contributed by atoms with Gasteiger partial charge in [0.25, 0.3) is 5.91 Å². The van der Waals surface area contributed by atoms with Crippen LogP contribution in [0, 0.1) is 6.92 Å². The van der Waals surface area contributed by atoms with Gasteiger partial charge in [-0.25, -0.2) is 4.98 Å². The second-order valence-corrected chi connectivity index (χ2v) is 9.67. The van der Waals surface area contributed by atoms with E-state index in [2.05, 4.69) is 47.2 Å². The van der Waals surface area contributed by atoms with E-state index in [4.69, 9.17) is 14.1 Å². The van der Waals surface area contributed by atoms with Gasteiger partial charge in [0.1, 0.15) is 11.3 Å². The fraction of sp³-hybridized carbons (Fsp3) is 0.172. The van der Waals surface area contributed by atoms with Crippen LogP contribution in [0.15, 0.2) is 75.6 Å². The maximum Gasteiger partial charge on any atom is 0.259 e. The van der Waals surface area contributed by atoms with Gasteiger partial charge in [-0.15, -0.1) is 0 Å². The van der Waals surface area contributed by atoms with Crippen molar-refractivity contribution in [2.24, 2.45) is 0 Å². The molecule has 0 spiro atoms. The maximum absolute atomic E-state index is 13.4. The number of nitrogens with one attached hydrogen (secondary N) is 1. The number of carbonyl (C=O) groups is 1. The summed E-state index contributed by atoms with van der Waals surface area (Å²) in [7, 11) is 1.56. The minimum atomic E-state index is -0.257. The van der Waals surface area contributed by atoms with Gasteiger partial charge >= 0.3 is 0 Å². The summed E-state index contributed by atoms with van der Waals surface area (Å²) >= 11 is 3.61. The first-order valence-corrected chi connectivity index (χ1v) is 12.2. The zero-order valence-electron chi connectivity index (χ0n) is 20.0. The number of anilines is 1. The van der Waals surface area contributed by atoms with E-state index in [1.807, 2.05) is 61.5 Å². The van der Waals surface area contributed by atoms with Gasteiger partial charge < -0.3 is 14.5 Å². The Morgan fingerprint density at radius 3 is 2.63 bits per heavy atom. The molecule has 35 heavy (non-hydrogen) atoms. The Bertz CT molecular complexity index is 1590. The number of oxazole rings is 1. The number of methoxy groups -OCH3 is 1. The SMILES string of the molecule is COc1c(C(=O)Nc2cc(-c3nc4cc(C(C)C)ccc4o3)ccc2C)cc2ccccc2c1Br. The van der Waals surface area contributed by atoms with Crippen molar-refractivity contribution in [1.29, 1.82) is 0 Å². The largest absolute Gasteiger partial charge is 0.495 e. The molecule has 1 N–H and O–H groups in total. The number of hydrogen-bond acceptors (Lipinski definition) is 4. The predicted molar refractivity (Wildman–Crippen MR) is 144 cm³/mol. The zero-order chi connectivity index (χ0) is 24.7. The third-order valence-electron chi connectivity index (χ3n) is 6.20. The molecule has 0 unspecified atom stereocenters. The number of rotatable bonds is 5. The van der Waals surface area contributed by atoms with E-state index in [1.54, 1.807) is 7.11 Å². The summed E-state index contributed by atoms with van der Waals surface area (Å²) < 4.78 is 12.4. The van der Waals surface area contributed by atoms with E-state index in [-0.39, 0.29) is 5.91 Å². The standard InChI is InChI=1S/C29H25BrN2O3/c1-16(2)18-11-12-25-24(14-18)32-29(35-25)20-10-9-17(3)23(15-20)31-28(33)22-13-19-7-5-6-8-21(19)26(30)27(22)34-4/h5-16H,1-4H3,(H,31,33). The normalized spacial score (nSPS) is 11.4. The molecule has 0 fully saturated rings. The van der Waals surface area contributed by atoms with Gasteiger partial charge in [0.15, 0.2) is 5.58 Å². The fourth-order valence-electron chi connectivity index (χ4n) is 4.16. The first-order valence-electron chi connectivity index (χ1n) is 11.4. The number of carbonyl (C=O) groups excluding carboxylic acids is 1. The van der Waals surface area contributed by atoms with Gasteiger partial charge in [0.05, 0.1) is 17.1 Å². The number of benzene rings is 4. The number of ether oxygens (including phenoxy) is 1. The lowest BCUT2D eigenvalue weighted by Crippen LogP contribution is -2.14. The first kappa shape index (κ1) is 23.1. The molecule has 1 aromatic heterocycles. The number of aromatic nitrogens is 1. The number of amides is 1. The number of aryl methyl sites for hydroxylation is 1. The molecule has 0 saturated heterocycles. The lowest BCUT2D eigenvalue weighted by molar-refractivity contribution is 0.102. The number of fused-ring (bicyclic) bond motifs is 2. The van der Waals surface area contributed by atoms with E-state index in [9.17, 15) is 4.79 Å². The van der Waals surface area contributed by atoms with Gasteiger partial charge in [-0.05, 0) is 81.0 Å². The van der Waals surface area contributed by atoms with Crippen molar-refractivity contribution in [1.82, 2.24) is 4.98 Å². The molecule has 5 rings (SSSR count). The summed E-state index contributed by atoms with van der Waals surface area (Å²) in [5.74, 6) is 1.16. The second-order valence-electron chi connectivity index (χ2n) is 8.88. The molecule has 0 aliphatic carbocycles. The number of hydrogen-bond donors (Lipinski definition) is 1. The van der Waals surface area contributed by atoms with Crippen molar-refractivity contribution >= 4 is 49.4 Å². The van der Waals surface area contributed by atoms with Crippen molar-refractivity contribution in [2.75, 3.05) is 12.4 Å². The smallest absolute Gasteiger partial charge is 0.259 e. The van der Waals surface area contributed by atoms with E-state index in [0.717, 1.165) is 37.5 Å². The van der Waals surface area contributed by atoms with Gasteiger partial charge in [-0.3, -0.25) is 4.79 Å². The summed E-state index contributed by atoms with van der Waals surface area (Å²) in [5, 5.41) is 4.98. The van der Waals surface area contributed by atoms with Gasteiger partial charge in [0, 0.05) is 11.3 Å². The van der Waals surface area contributed by atoms with E-state index in [1.165, 1.54) is 5.56 Å². The van der Waals surface area contributed by atoms with Crippen LogP contribution in [-0.4, -0.2) is 18.0 Å². The molecule has 4 aromatic carbocycles. The van der Waals surface area contributed by atoms with Crippen LogP contribution in [0.1, 0.15) is 41.3 Å². The summed E-state index contributed by atoms with van der Waals surface area (Å²) in [4.78, 5) is 18.1. The minimum absolute atomic E-state index is 0.257. The van der Waals surface area contributed by atoms with E-state index < -0.39 is 0 Å².